The first-order chi connectivity index (χ1) is 13.8. The standard InChI is InChI=1S/C22H27N3O3S/c1-14-7-8-15(2)16(11-14)21(26)25(10-9-24(3)4)22-23-17-12-18(27-5)19(28-6)13-20(17)29-22/h7-8,11-13H,9-10H2,1-6H3. The lowest BCUT2D eigenvalue weighted by Gasteiger charge is -2.23. The highest BCUT2D eigenvalue weighted by atomic mass is 32.1. The number of aromatic nitrogens is 1. The number of hydrogen-bond acceptors (Lipinski definition) is 6. The molecular formula is C22H27N3O3S. The summed E-state index contributed by atoms with van der Waals surface area (Å²) in [4.78, 5) is 22.0. The van der Waals surface area contributed by atoms with E-state index < -0.39 is 0 Å². The van der Waals surface area contributed by atoms with Crippen molar-refractivity contribution in [3.63, 3.8) is 0 Å². The summed E-state index contributed by atoms with van der Waals surface area (Å²) < 4.78 is 11.7. The summed E-state index contributed by atoms with van der Waals surface area (Å²) in [5.41, 5.74) is 3.51. The largest absolute Gasteiger partial charge is 0.493 e. The predicted octanol–water partition coefficient (Wildman–Crippen LogP) is 4.14. The van der Waals surface area contributed by atoms with E-state index in [9.17, 15) is 4.79 Å². The molecule has 0 aliphatic carbocycles. The van der Waals surface area contributed by atoms with Crippen molar-refractivity contribution < 1.29 is 14.3 Å². The van der Waals surface area contributed by atoms with Crippen LogP contribution in [0.4, 0.5) is 5.13 Å². The maximum atomic E-state index is 13.5. The molecule has 0 aliphatic heterocycles. The molecule has 6 nitrogen and oxygen atoms in total. The number of benzene rings is 2. The van der Waals surface area contributed by atoms with Gasteiger partial charge in [-0.05, 0) is 39.6 Å². The summed E-state index contributed by atoms with van der Waals surface area (Å²) >= 11 is 1.48. The van der Waals surface area contributed by atoms with E-state index in [0.717, 1.165) is 27.9 Å². The van der Waals surface area contributed by atoms with Crippen LogP contribution in [0.15, 0.2) is 30.3 Å². The molecule has 2 aromatic carbocycles. The van der Waals surface area contributed by atoms with Gasteiger partial charge in [0.25, 0.3) is 5.91 Å². The van der Waals surface area contributed by atoms with Gasteiger partial charge in [-0.1, -0.05) is 29.0 Å². The molecule has 0 spiro atoms. The van der Waals surface area contributed by atoms with Gasteiger partial charge in [-0.2, -0.15) is 0 Å². The molecule has 0 radical (unpaired) electrons. The third-order valence-corrected chi connectivity index (χ3v) is 5.79. The van der Waals surface area contributed by atoms with Crippen molar-refractivity contribution >= 4 is 32.6 Å². The minimum absolute atomic E-state index is 0.0361. The number of aryl methyl sites for hydroxylation is 2. The molecule has 0 unspecified atom stereocenters. The minimum atomic E-state index is -0.0361. The van der Waals surface area contributed by atoms with E-state index in [4.69, 9.17) is 14.5 Å². The SMILES string of the molecule is COc1cc2nc(N(CCN(C)C)C(=O)c3cc(C)ccc3C)sc2cc1OC. The number of thiazole rings is 1. The number of carbonyl (C=O) groups is 1. The van der Waals surface area contributed by atoms with Gasteiger partial charge in [0.15, 0.2) is 16.6 Å². The molecule has 1 amide bonds. The molecule has 0 N–H and O–H groups in total. The van der Waals surface area contributed by atoms with Crippen LogP contribution >= 0.6 is 11.3 Å². The second-order valence-corrected chi connectivity index (χ2v) is 8.26. The number of likely N-dealkylation sites (N-methyl/N-ethyl adjacent to an activating group) is 1. The van der Waals surface area contributed by atoms with Crippen molar-refractivity contribution in [1.82, 2.24) is 9.88 Å². The molecule has 7 heteroatoms. The molecule has 3 rings (SSSR count). The van der Waals surface area contributed by atoms with Gasteiger partial charge in [-0.3, -0.25) is 9.69 Å². The number of hydrogen-bond donors (Lipinski definition) is 0. The number of nitrogens with zero attached hydrogens (tertiary/aromatic N) is 3. The van der Waals surface area contributed by atoms with Crippen molar-refractivity contribution in [1.29, 1.82) is 0 Å². The van der Waals surface area contributed by atoms with E-state index in [2.05, 4.69) is 4.90 Å². The van der Waals surface area contributed by atoms with E-state index in [1.807, 2.05) is 58.3 Å². The number of fused-ring (bicyclic) bond motifs is 1. The summed E-state index contributed by atoms with van der Waals surface area (Å²) in [6, 6.07) is 9.70. The predicted molar refractivity (Wildman–Crippen MR) is 119 cm³/mol. The highest BCUT2D eigenvalue weighted by Gasteiger charge is 2.23. The molecule has 0 bridgehead atoms. The van der Waals surface area contributed by atoms with E-state index in [-0.39, 0.29) is 5.91 Å². The van der Waals surface area contributed by atoms with Crippen LogP contribution in [0.3, 0.4) is 0 Å². The Kier molecular flexibility index (Phi) is 6.39. The summed E-state index contributed by atoms with van der Waals surface area (Å²) in [6.45, 7) is 5.24. The Morgan fingerprint density at radius 1 is 1.03 bits per heavy atom. The zero-order valence-electron chi connectivity index (χ0n) is 17.8. The van der Waals surface area contributed by atoms with Crippen LogP contribution in [0.5, 0.6) is 11.5 Å². The zero-order chi connectivity index (χ0) is 21.1. The highest BCUT2D eigenvalue weighted by molar-refractivity contribution is 7.22. The van der Waals surface area contributed by atoms with E-state index in [0.29, 0.717) is 28.7 Å². The van der Waals surface area contributed by atoms with Crippen molar-refractivity contribution in [2.75, 3.05) is 46.3 Å². The fraction of sp³-hybridized carbons (Fsp3) is 0.364. The Balaban J connectivity index is 2.06. The third kappa shape index (κ3) is 4.52. The molecule has 3 aromatic rings. The average Bonchev–Trinajstić information content (AvgIpc) is 3.10. The lowest BCUT2D eigenvalue weighted by Crippen LogP contribution is -2.37. The average molecular weight is 414 g/mol. The van der Waals surface area contributed by atoms with Gasteiger partial charge < -0.3 is 14.4 Å². The Hall–Kier alpha value is -2.64. The van der Waals surface area contributed by atoms with Crippen molar-refractivity contribution in [2.45, 2.75) is 13.8 Å². The highest BCUT2D eigenvalue weighted by Crippen LogP contribution is 2.37. The Bertz CT molecular complexity index is 989. The molecular weight excluding hydrogens is 386 g/mol. The number of anilines is 1. The summed E-state index contributed by atoms with van der Waals surface area (Å²) in [6.07, 6.45) is 0. The maximum absolute atomic E-state index is 13.5. The fourth-order valence-corrected chi connectivity index (χ4v) is 4.05. The topological polar surface area (TPSA) is 54.9 Å². The smallest absolute Gasteiger partial charge is 0.260 e. The first kappa shape index (κ1) is 21.1. The van der Waals surface area contributed by atoms with Crippen LogP contribution < -0.4 is 14.4 Å². The first-order valence-corrected chi connectivity index (χ1v) is 10.2. The van der Waals surface area contributed by atoms with Gasteiger partial charge in [-0.15, -0.1) is 0 Å². The quantitative estimate of drug-likeness (QED) is 0.583. The zero-order valence-corrected chi connectivity index (χ0v) is 18.6. The summed E-state index contributed by atoms with van der Waals surface area (Å²) in [7, 11) is 7.20. The molecule has 0 fully saturated rings. The minimum Gasteiger partial charge on any atom is -0.493 e. The van der Waals surface area contributed by atoms with Gasteiger partial charge in [0.2, 0.25) is 0 Å². The van der Waals surface area contributed by atoms with Crippen LogP contribution in [0.1, 0.15) is 21.5 Å². The second-order valence-electron chi connectivity index (χ2n) is 7.25. The van der Waals surface area contributed by atoms with E-state index >= 15 is 0 Å². The second kappa shape index (κ2) is 8.80. The summed E-state index contributed by atoms with van der Waals surface area (Å²) in [5.74, 6) is 1.24. The maximum Gasteiger partial charge on any atom is 0.260 e. The number of rotatable bonds is 7. The van der Waals surface area contributed by atoms with Gasteiger partial charge >= 0.3 is 0 Å². The van der Waals surface area contributed by atoms with Crippen molar-refractivity contribution in [2.24, 2.45) is 0 Å². The number of ether oxygens (including phenoxy) is 2. The van der Waals surface area contributed by atoms with Gasteiger partial charge in [-0.25, -0.2) is 4.98 Å². The van der Waals surface area contributed by atoms with Gasteiger partial charge in [0.1, 0.15) is 0 Å². The molecule has 0 saturated heterocycles. The molecule has 1 heterocycles. The first-order valence-electron chi connectivity index (χ1n) is 9.40. The van der Waals surface area contributed by atoms with Crippen molar-refractivity contribution in [3.8, 4) is 11.5 Å². The van der Waals surface area contributed by atoms with Gasteiger partial charge in [0, 0.05) is 30.8 Å². The van der Waals surface area contributed by atoms with Gasteiger partial charge in [0.05, 0.1) is 24.4 Å². The molecule has 0 aliphatic rings. The Labute approximate surface area is 175 Å². The molecule has 0 saturated carbocycles. The number of amides is 1. The fourth-order valence-electron chi connectivity index (χ4n) is 3.05. The van der Waals surface area contributed by atoms with Crippen LogP contribution in [0, 0.1) is 13.8 Å². The normalized spacial score (nSPS) is 11.1. The lowest BCUT2D eigenvalue weighted by atomic mass is 10.0. The molecule has 154 valence electrons. The monoisotopic (exact) mass is 413 g/mol. The van der Waals surface area contributed by atoms with Crippen LogP contribution in [0.2, 0.25) is 0 Å². The van der Waals surface area contributed by atoms with Crippen LogP contribution in [-0.4, -0.2) is 57.2 Å². The molecule has 1 aromatic heterocycles. The van der Waals surface area contributed by atoms with Crippen LogP contribution in [-0.2, 0) is 0 Å². The van der Waals surface area contributed by atoms with Crippen molar-refractivity contribution in [3.05, 3.63) is 47.0 Å². The molecule has 0 atom stereocenters. The molecule has 29 heavy (non-hydrogen) atoms. The van der Waals surface area contributed by atoms with E-state index in [1.54, 1.807) is 19.1 Å². The van der Waals surface area contributed by atoms with Crippen LogP contribution in [0.25, 0.3) is 10.2 Å². The Morgan fingerprint density at radius 2 is 1.72 bits per heavy atom. The summed E-state index contributed by atoms with van der Waals surface area (Å²) in [5, 5.41) is 0.670. The third-order valence-electron chi connectivity index (χ3n) is 4.75. The lowest BCUT2D eigenvalue weighted by molar-refractivity contribution is 0.0984. The Morgan fingerprint density at radius 3 is 2.38 bits per heavy atom. The number of methoxy groups -OCH3 is 2. The van der Waals surface area contributed by atoms with E-state index in [1.165, 1.54) is 11.3 Å². The number of carbonyl (C=O) groups excluding carboxylic acids is 1.